The highest BCUT2D eigenvalue weighted by molar-refractivity contribution is 7.99. The second-order valence-electron chi connectivity index (χ2n) is 5.33. The maximum Gasteiger partial charge on any atom is 0.353 e. The summed E-state index contributed by atoms with van der Waals surface area (Å²) in [6.45, 7) is 2.40. The Balaban J connectivity index is 1.89. The summed E-state index contributed by atoms with van der Waals surface area (Å²) < 4.78 is 7.31. The number of nitrogens with one attached hydrogen (secondary N) is 2. The zero-order chi connectivity index (χ0) is 20.0. The van der Waals surface area contributed by atoms with E-state index in [0.29, 0.717) is 18.0 Å². The van der Waals surface area contributed by atoms with Gasteiger partial charge in [-0.25, -0.2) is 19.0 Å². The molecule has 2 aromatic rings. The van der Waals surface area contributed by atoms with Gasteiger partial charge in [-0.15, -0.1) is 0 Å². The van der Waals surface area contributed by atoms with Crippen molar-refractivity contribution in [1.29, 1.82) is 0 Å². The molecule has 0 saturated carbocycles. The molecule has 2 rings (SSSR count). The fourth-order valence-corrected chi connectivity index (χ4v) is 2.75. The van der Waals surface area contributed by atoms with Gasteiger partial charge in [0.15, 0.2) is 5.16 Å². The lowest BCUT2D eigenvalue weighted by molar-refractivity contribution is -0.117. The van der Waals surface area contributed by atoms with Gasteiger partial charge in [0.2, 0.25) is 5.91 Å². The summed E-state index contributed by atoms with van der Waals surface area (Å²) in [5, 5.41) is 4.76. The molecule has 11 heteroatoms. The lowest BCUT2D eigenvalue weighted by atomic mass is 10.3. The van der Waals surface area contributed by atoms with E-state index in [1.807, 2.05) is 6.92 Å². The lowest BCUT2D eigenvalue weighted by Gasteiger charge is -2.09. The molecule has 3 amide bonds. The van der Waals surface area contributed by atoms with Crippen molar-refractivity contribution >= 4 is 29.4 Å². The Hall–Kier alpha value is -3.08. The van der Waals surface area contributed by atoms with Crippen molar-refractivity contribution in [2.45, 2.75) is 12.1 Å². The number of nitrogens with zero attached hydrogens (tertiary/aromatic N) is 3. The number of hydrogen-bond acceptors (Lipinski definition) is 7. The molecule has 0 aliphatic carbocycles. The van der Waals surface area contributed by atoms with E-state index in [0.717, 1.165) is 20.9 Å². The lowest BCUT2D eigenvalue weighted by Crippen LogP contribution is -2.40. The predicted molar refractivity (Wildman–Crippen MR) is 100 cm³/mol. The Kier molecular flexibility index (Phi) is 6.77. The van der Waals surface area contributed by atoms with Gasteiger partial charge in [-0.2, -0.15) is 4.98 Å². The third kappa shape index (κ3) is 5.45. The van der Waals surface area contributed by atoms with Gasteiger partial charge < -0.3 is 10.1 Å². The summed E-state index contributed by atoms with van der Waals surface area (Å²) in [5.41, 5.74) is -0.771. The van der Waals surface area contributed by atoms with Crippen molar-refractivity contribution in [3.63, 3.8) is 0 Å². The molecule has 0 spiro atoms. The number of aromatic nitrogens is 3. The molecule has 1 aromatic carbocycles. The van der Waals surface area contributed by atoms with E-state index in [2.05, 4.69) is 15.6 Å². The number of ether oxygens (including phenoxy) is 1. The third-order valence-corrected chi connectivity index (χ3v) is 4.38. The molecule has 0 atom stereocenters. The molecular formula is C16H19N5O5S. The van der Waals surface area contributed by atoms with Gasteiger partial charge in [0.1, 0.15) is 5.75 Å². The number of hydrogen-bond donors (Lipinski definition) is 2. The molecule has 0 radical (unpaired) electrons. The van der Waals surface area contributed by atoms with Gasteiger partial charge in [0, 0.05) is 19.8 Å². The number of urea groups is 1. The van der Waals surface area contributed by atoms with Crippen LogP contribution in [-0.4, -0.2) is 38.4 Å². The molecule has 2 N–H and O–H groups in total. The van der Waals surface area contributed by atoms with Crippen LogP contribution < -0.4 is 26.7 Å². The van der Waals surface area contributed by atoms with E-state index in [-0.39, 0.29) is 10.9 Å². The zero-order valence-electron chi connectivity index (χ0n) is 15.0. The predicted octanol–water partition coefficient (Wildman–Crippen LogP) is 0.318. The molecule has 1 heterocycles. The largest absolute Gasteiger partial charge is 0.494 e. The summed E-state index contributed by atoms with van der Waals surface area (Å²) in [7, 11) is 2.75. The van der Waals surface area contributed by atoms with Crippen molar-refractivity contribution in [2.75, 3.05) is 17.7 Å². The van der Waals surface area contributed by atoms with E-state index in [1.165, 1.54) is 14.1 Å². The van der Waals surface area contributed by atoms with Crippen LogP contribution >= 0.6 is 11.8 Å². The fraction of sp³-hybridized carbons (Fsp3) is 0.312. The van der Waals surface area contributed by atoms with Crippen LogP contribution in [0.25, 0.3) is 0 Å². The normalized spacial score (nSPS) is 10.3. The van der Waals surface area contributed by atoms with E-state index >= 15 is 0 Å². The minimum absolute atomic E-state index is 0.0881. The number of rotatable bonds is 6. The second kappa shape index (κ2) is 9.03. The van der Waals surface area contributed by atoms with Crippen LogP contribution in [-0.2, 0) is 18.9 Å². The van der Waals surface area contributed by atoms with Crippen molar-refractivity contribution in [1.82, 2.24) is 19.4 Å². The van der Waals surface area contributed by atoms with Gasteiger partial charge >= 0.3 is 17.4 Å². The van der Waals surface area contributed by atoms with Crippen molar-refractivity contribution in [3.05, 3.63) is 45.2 Å². The van der Waals surface area contributed by atoms with Crippen LogP contribution in [0, 0.1) is 0 Å². The van der Waals surface area contributed by atoms with Crippen LogP contribution in [0.2, 0.25) is 0 Å². The zero-order valence-corrected chi connectivity index (χ0v) is 15.8. The highest BCUT2D eigenvalue weighted by Gasteiger charge is 2.13. The number of carbonyl (C=O) groups excluding carboxylic acids is 2. The van der Waals surface area contributed by atoms with Crippen LogP contribution in [0.3, 0.4) is 0 Å². The van der Waals surface area contributed by atoms with Gasteiger partial charge in [0.25, 0.3) is 0 Å². The van der Waals surface area contributed by atoms with E-state index in [1.54, 1.807) is 24.3 Å². The maximum absolute atomic E-state index is 11.9. The molecule has 0 fully saturated rings. The smallest absolute Gasteiger partial charge is 0.353 e. The fourth-order valence-electron chi connectivity index (χ4n) is 2.01. The summed E-state index contributed by atoms with van der Waals surface area (Å²) in [6, 6.07) is 5.97. The first-order valence-corrected chi connectivity index (χ1v) is 8.91. The third-order valence-electron chi connectivity index (χ3n) is 3.35. The molecule has 27 heavy (non-hydrogen) atoms. The molecule has 0 unspecified atom stereocenters. The van der Waals surface area contributed by atoms with E-state index in [9.17, 15) is 19.2 Å². The van der Waals surface area contributed by atoms with Crippen molar-refractivity contribution < 1.29 is 14.3 Å². The minimum atomic E-state index is -0.714. The summed E-state index contributed by atoms with van der Waals surface area (Å²) in [6.07, 6.45) is 0. The topological polar surface area (TPSA) is 124 Å². The van der Waals surface area contributed by atoms with Gasteiger partial charge in [-0.1, -0.05) is 11.8 Å². The van der Waals surface area contributed by atoms with E-state index < -0.39 is 23.3 Å². The Labute approximate surface area is 158 Å². The van der Waals surface area contributed by atoms with Crippen LogP contribution in [0.15, 0.2) is 39.0 Å². The second-order valence-corrected chi connectivity index (χ2v) is 6.27. The molecule has 144 valence electrons. The number of benzene rings is 1. The Bertz CT molecular complexity index is 951. The number of amides is 3. The molecule has 0 aliphatic rings. The average molecular weight is 393 g/mol. The van der Waals surface area contributed by atoms with Crippen molar-refractivity contribution in [3.8, 4) is 5.75 Å². The van der Waals surface area contributed by atoms with Gasteiger partial charge in [0.05, 0.1) is 12.4 Å². The Morgan fingerprint density at radius 2 is 1.81 bits per heavy atom. The summed E-state index contributed by atoms with van der Waals surface area (Å²) in [5.74, 6) is -0.120. The average Bonchev–Trinajstić information content (AvgIpc) is 2.63. The number of imide groups is 1. The first kappa shape index (κ1) is 20.2. The first-order chi connectivity index (χ1) is 12.8. The Morgan fingerprint density at radius 1 is 1.15 bits per heavy atom. The quantitative estimate of drug-likeness (QED) is 0.677. The van der Waals surface area contributed by atoms with Crippen LogP contribution in [0.4, 0.5) is 10.5 Å². The SMILES string of the molecule is CCOc1ccc(NC(=O)NC(=O)CSc2nc(=O)n(C)c(=O)n2C)cc1. The molecule has 0 aliphatic heterocycles. The van der Waals surface area contributed by atoms with Crippen molar-refractivity contribution in [2.24, 2.45) is 14.1 Å². The molecule has 0 bridgehead atoms. The molecule has 1 aromatic heterocycles. The van der Waals surface area contributed by atoms with Crippen LogP contribution in [0.1, 0.15) is 6.92 Å². The highest BCUT2D eigenvalue weighted by Crippen LogP contribution is 2.15. The first-order valence-electron chi connectivity index (χ1n) is 7.92. The van der Waals surface area contributed by atoms with Gasteiger partial charge in [-0.3, -0.25) is 14.7 Å². The number of anilines is 1. The maximum atomic E-state index is 11.9. The van der Waals surface area contributed by atoms with Crippen LogP contribution in [0.5, 0.6) is 5.75 Å². The number of thioether (sulfide) groups is 1. The molecule has 0 saturated heterocycles. The Morgan fingerprint density at radius 3 is 2.44 bits per heavy atom. The molecular weight excluding hydrogens is 374 g/mol. The standard InChI is InChI=1S/C16H19N5O5S/c1-4-26-11-7-5-10(6-8-11)17-13(23)18-12(22)9-27-15-19-14(24)20(2)16(25)21(15)3/h5-8H,4,9H2,1-3H3,(H2,17,18,22,23). The number of carbonyl (C=O) groups is 2. The van der Waals surface area contributed by atoms with Gasteiger partial charge in [-0.05, 0) is 31.2 Å². The van der Waals surface area contributed by atoms with E-state index in [4.69, 9.17) is 4.74 Å². The monoisotopic (exact) mass is 393 g/mol. The minimum Gasteiger partial charge on any atom is -0.494 e. The highest BCUT2D eigenvalue weighted by atomic mass is 32.2. The molecule has 10 nitrogen and oxygen atoms in total. The summed E-state index contributed by atoms with van der Waals surface area (Å²) >= 11 is 0.878. The summed E-state index contributed by atoms with van der Waals surface area (Å²) in [4.78, 5) is 50.8.